The molecule has 0 aromatic heterocycles. The number of fused-ring (bicyclic) bond motifs is 1. The van der Waals surface area contributed by atoms with E-state index in [0.29, 0.717) is 6.54 Å². The minimum Gasteiger partial charge on any atom is -0.507 e. The van der Waals surface area contributed by atoms with Crippen LogP contribution in [0.1, 0.15) is 17.2 Å². The minimum absolute atomic E-state index is 0.0829. The molecule has 1 N–H and O–H groups in total. The van der Waals surface area contributed by atoms with Crippen molar-refractivity contribution in [3.63, 3.8) is 0 Å². The second kappa shape index (κ2) is 8.02. The van der Waals surface area contributed by atoms with Crippen LogP contribution in [0.4, 0.5) is 0 Å². The molecule has 0 amide bonds. The first-order valence-electron chi connectivity index (χ1n) is 8.61. The molecule has 0 bridgehead atoms. The minimum atomic E-state index is 0.0829. The Morgan fingerprint density at radius 1 is 1.04 bits per heavy atom. The standard InChI is InChI=1S/C22H24N2O2/c1-24(2)20(18-10-6-7-11-22(18)26-3)15-23-14-19-17-9-5-4-8-16(17)12-13-21(19)25/h4-14,20,25H,15H2,1-3H3/t20-/m0/s1. The molecule has 26 heavy (non-hydrogen) atoms. The van der Waals surface area contributed by atoms with Crippen molar-refractivity contribution in [1.82, 2.24) is 4.90 Å². The molecule has 0 saturated heterocycles. The molecule has 0 aliphatic rings. The van der Waals surface area contributed by atoms with Gasteiger partial charge in [-0.3, -0.25) is 4.99 Å². The van der Waals surface area contributed by atoms with Gasteiger partial charge in [0.05, 0.1) is 19.7 Å². The Kier molecular flexibility index (Phi) is 5.54. The molecule has 0 fully saturated rings. The molecule has 4 nitrogen and oxygen atoms in total. The highest BCUT2D eigenvalue weighted by molar-refractivity contribution is 6.02. The van der Waals surface area contributed by atoms with Gasteiger partial charge in [-0.1, -0.05) is 48.5 Å². The maximum Gasteiger partial charge on any atom is 0.124 e. The number of para-hydroxylation sites is 1. The summed E-state index contributed by atoms with van der Waals surface area (Å²) >= 11 is 0. The summed E-state index contributed by atoms with van der Waals surface area (Å²) in [6, 6.07) is 19.7. The second-order valence-electron chi connectivity index (χ2n) is 6.44. The van der Waals surface area contributed by atoms with E-state index in [2.05, 4.69) is 16.0 Å². The number of phenols is 1. The van der Waals surface area contributed by atoms with Crippen LogP contribution in [-0.2, 0) is 0 Å². The number of ether oxygens (including phenoxy) is 1. The molecule has 0 saturated carbocycles. The van der Waals surface area contributed by atoms with Gasteiger partial charge in [-0.2, -0.15) is 0 Å². The quantitative estimate of drug-likeness (QED) is 0.677. The number of aliphatic imine (C=N–C) groups is 1. The lowest BCUT2D eigenvalue weighted by Crippen LogP contribution is -2.23. The molecule has 3 rings (SSSR count). The monoisotopic (exact) mass is 348 g/mol. The van der Waals surface area contributed by atoms with Crippen LogP contribution in [-0.4, -0.2) is 44.0 Å². The van der Waals surface area contributed by atoms with Gasteiger partial charge in [0, 0.05) is 17.3 Å². The number of hydrogen-bond donors (Lipinski definition) is 1. The summed E-state index contributed by atoms with van der Waals surface area (Å²) in [6.07, 6.45) is 1.77. The van der Waals surface area contributed by atoms with Crippen molar-refractivity contribution in [2.24, 2.45) is 4.99 Å². The first-order chi connectivity index (χ1) is 12.6. The van der Waals surface area contributed by atoms with Gasteiger partial charge in [0.2, 0.25) is 0 Å². The first-order valence-corrected chi connectivity index (χ1v) is 8.61. The zero-order chi connectivity index (χ0) is 18.5. The van der Waals surface area contributed by atoms with Crippen LogP contribution >= 0.6 is 0 Å². The Morgan fingerprint density at radius 3 is 2.54 bits per heavy atom. The van der Waals surface area contributed by atoms with Crippen LogP contribution < -0.4 is 4.74 Å². The summed E-state index contributed by atoms with van der Waals surface area (Å²) in [6.45, 7) is 0.566. The fraction of sp³-hybridized carbons (Fsp3) is 0.227. The average molecular weight is 348 g/mol. The predicted molar refractivity (Wildman–Crippen MR) is 107 cm³/mol. The molecule has 0 spiro atoms. The van der Waals surface area contributed by atoms with Crippen LogP contribution in [0.2, 0.25) is 0 Å². The Balaban J connectivity index is 1.90. The molecule has 0 heterocycles. The van der Waals surface area contributed by atoms with E-state index >= 15 is 0 Å². The summed E-state index contributed by atoms with van der Waals surface area (Å²) in [5.74, 6) is 1.10. The van der Waals surface area contributed by atoms with Crippen molar-refractivity contribution < 1.29 is 9.84 Å². The maximum absolute atomic E-state index is 10.3. The smallest absolute Gasteiger partial charge is 0.124 e. The Morgan fingerprint density at radius 2 is 1.77 bits per heavy atom. The number of methoxy groups -OCH3 is 1. The maximum atomic E-state index is 10.3. The predicted octanol–water partition coefficient (Wildman–Crippen LogP) is 4.28. The fourth-order valence-corrected chi connectivity index (χ4v) is 3.15. The molecule has 0 unspecified atom stereocenters. The SMILES string of the molecule is COc1ccccc1[C@H](CN=Cc1c(O)ccc2ccccc12)N(C)C. The Hall–Kier alpha value is -2.85. The zero-order valence-electron chi connectivity index (χ0n) is 15.4. The third-order valence-electron chi connectivity index (χ3n) is 4.57. The molecule has 4 heteroatoms. The topological polar surface area (TPSA) is 45.1 Å². The van der Waals surface area contributed by atoms with E-state index in [0.717, 1.165) is 27.6 Å². The third-order valence-corrected chi connectivity index (χ3v) is 4.57. The number of nitrogens with zero attached hydrogens (tertiary/aromatic N) is 2. The van der Waals surface area contributed by atoms with Gasteiger partial charge in [-0.05, 0) is 37.0 Å². The van der Waals surface area contributed by atoms with Crippen molar-refractivity contribution in [3.05, 3.63) is 71.8 Å². The first kappa shape index (κ1) is 18.0. The van der Waals surface area contributed by atoms with E-state index in [1.807, 2.05) is 62.6 Å². The Labute approximate surface area is 154 Å². The molecular formula is C22H24N2O2. The summed E-state index contributed by atoms with van der Waals surface area (Å²) < 4.78 is 5.50. The van der Waals surface area contributed by atoms with Crippen molar-refractivity contribution in [2.75, 3.05) is 27.7 Å². The van der Waals surface area contributed by atoms with E-state index < -0.39 is 0 Å². The van der Waals surface area contributed by atoms with Crippen molar-refractivity contribution in [1.29, 1.82) is 0 Å². The van der Waals surface area contributed by atoms with Gasteiger partial charge in [-0.25, -0.2) is 0 Å². The lowest BCUT2D eigenvalue weighted by Gasteiger charge is -2.24. The highest BCUT2D eigenvalue weighted by Crippen LogP contribution is 2.29. The molecule has 134 valence electrons. The average Bonchev–Trinajstić information content (AvgIpc) is 2.66. The van der Waals surface area contributed by atoms with Crippen molar-refractivity contribution >= 4 is 17.0 Å². The molecule has 0 aliphatic heterocycles. The number of rotatable bonds is 6. The highest BCUT2D eigenvalue weighted by atomic mass is 16.5. The van der Waals surface area contributed by atoms with E-state index in [1.165, 1.54) is 0 Å². The van der Waals surface area contributed by atoms with E-state index in [4.69, 9.17) is 4.74 Å². The summed E-state index contributed by atoms with van der Waals surface area (Å²) in [4.78, 5) is 6.77. The molecule has 1 atom stereocenters. The van der Waals surface area contributed by atoms with Gasteiger partial charge in [-0.15, -0.1) is 0 Å². The van der Waals surface area contributed by atoms with Crippen LogP contribution in [0, 0.1) is 0 Å². The molecular weight excluding hydrogens is 324 g/mol. The lowest BCUT2D eigenvalue weighted by molar-refractivity contribution is 0.295. The largest absolute Gasteiger partial charge is 0.507 e. The highest BCUT2D eigenvalue weighted by Gasteiger charge is 2.17. The number of benzene rings is 3. The Bertz CT molecular complexity index is 919. The zero-order valence-corrected chi connectivity index (χ0v) is 15.4. The third kappa shape index (κ3) is 3.70. The van der Waals surface area contributed by atoms with Crippen LogP contribution in [0.3, 0.4) is 0 Å². The van der Waals surface area contributed by atoms with E-state index in [9.17, 15) is 5.11 Å². The summed E-state index contributed by atoms with van der Waals surface area (Å²) in [7, 11) is 5.74. The van der Waals surface area contributed by atoms with E-state index in [-0.39, 0.29) is 11.8 Å². The van der Waals surface area contributed by atoms with Crippen LogP contribution in [0.15, 0.2) is 65.7 Å². The van der Waals surface area contributed by atoms with E-state index in [1.54, 1.807) is 19.4 Å². The van der Waals surface area contributed by atoms with Crippen LogP contribution in [0.25, 0.3) is 10.8 Å². The van der Waals surface area contributed by atoms with Crippen molar-refractivity contribution in [3.8, 4) is 11.5 Å². The van der Waals surface area contributed by atoms with Crippen molar-refractivity contribution in [2.45, 2.75) is 6.04 Å². The number of likely N-dealkylation sites (N-methyl/N-ethyl adjacent to an activating group) is 1. The van der Waals surface area contributed by atoms with Gasteiger partial charge >= 0.3 is 0 Å². The lowest BCUT2D eigenvalue weighted by atomic mass is 10.0. The summed E-state index contributed by atoms with van der Waals surface area (Å²) in [5.41, 5.74) is 1.85. The van der Waals surface area contributed by atoms with Gasteiger partial charge in [0.25, 0.3) is 0 Å². The van der Waals surface area contributed by atoms with Gasteiger partial charge in [0.15, 0.2) is 0 Å². The number of aromatic hydroxyl groups is 1. The summed E-state index contributed by atoms with van der Waals surface area (Å²) in [5, 5.41) is 12.3. The van der Waals surface area contributed by atoms with Crippen LogP contribution in [0.5, 0.6) is 11.5 Å². The number of hydrogen-bond acceptors (Lipinski definition) is 4. The van der Waals surface area contributed by atoms with Gasteiger partial charge in [0.1, 0.15) is 11.5 Å². The fourth-order valence-electron chi connectivity index (χ4n) is 3.15. The van der Waals surface area contributed by atoms with Gasteiger partial charge < -0.3 is 14.7 Å². The number of phenolic OH excluding ortho intramolecular Hbond substituents is 1. The molecule has 0 aliphatic carbocycles. The molecule has 0 radical (unpaired) electrons. The molecule has 3 aromatic rings. The normalized spacial score (nSPS) is 12.8. The molecule has 3 aromatic carbocycles. The second-order valence-corrected chi connectivity index (χ2v) is 6.44.